The van der Waals surface area contributed by atoms with Crippen molar-refractivity contribution in [1.29, 1.82) is 0 Å². The van der Waals surface area contributed by atoms with Crippen molar-refractivity contribution in [3.8, 4) is 5.75 Å². The Morgan fingerprint density at radius 2 is 2.12 bits per heavy atom. The maximum atomic E-state index is 12.2. The molecule has 7 nitrogen and oxygen atoms in total. The summed E-state index contributed by atoms with van der Waals surface area (Å²) in [5, 5.41) is 14.5. The summed E-state index contributed by atoms with van der Waals surface area (Å²) in [7, 11) is 1.34. The average Bonchev–Trinajstić information content (AvgIpc) is 3.02. The third kappa shape index (κ3) is 3.18. The Balaban J connectivity index is 1.75. The van der Waals surface area contributed by atoms with Gasteiger partial charge in [0.2, 0.25) is 0 Å². The second-order valence-corrected chi connectivity index (χ2v) is 6.02. The van der Waals surface area contributed by atoms with Crippen molar-refractivity contribution < 1.29 is 14.5 Å². The van der Waals surface area contributed by atoms with E-state index < -0.39 is 10.8 Å². The number of hydrogen-bond acceptors (Lipinski definition) is 6. The van der Waals surface area contributed by atoms with Crippen LogP contribution in [0.3, 0.4) is 0 Å². The van der Waals surface area contributed by atoms with Crippen molar-refractivity contribution in [2.45, 2.75) is 6.54 Å². The van der Waals surface area contributed by atoms with Crippen LogP contribution in [0.2, 0.25) is 0 Å². The number of amides is 1. The second-order valence-electron chi connectivity index (χ2n) is 4.90. The quantitative estimate of drug-likeness (QED) is 0.567. The van der Waals surface area contributed by atoms with E-state index in [4.69, 9.17) is 4.74 Å². The monoisotopic (exact) mass is 343 g/mol. The normalized spacial score (nSPS) is 10.5. The van der Waals surface area contributed by atoms with Crippen molar-refractivity contribution in [2.75, 3.05) is 7.11 Å². The molecule has 0 aliphatic rings. The molecule has 1 heterocycles. The van der Waals surface area contributed by atoms with E-state index in [9.17, 15) is 14.9 Å². The number of methoxy groups -OCH3 is 1. The number of carbonyl (C=O) groups excluding carboxylic acids is 1. The molecule has 0 radical (unpaired) electrons. The molecule has 0 saturated heterocycles. The van der Waals surface area contributed by atoms with Gasteiger partial charge in [-0.05, 0) is 24.3 Å². The lowest BCUT2D eigenvalue weighted by molar-refractivity contribution is -0.385. The minimum absolute atomic E-state index is 0.114. The Kier molecular flexibility index (Phi) is 4.39. The number of benzene rings is 2. The average molecular weight is 343 g/mol. The minimum atomic E-state index is -0.580. The summed E-state index contributed by atoms with van der Waals surface area (Å²) in [6.07, 6.45) is 0. The lowest BCUT2D eigenvalue weighted by Gasteiger charge is -2.05. The summed E-state index contributed by atoms with van der Waals surface area (Å²) in [6, 6.07) is 11.8. The van der Waals surface area contributed by atoms with Crippen LogP contribution in [0.15, 0.2) is 42.5 Å². The van der Waals surface area contributed by atoms with E-state index in [2.05, 4.69) is 10.3 Å². The van der Waals surface area contributed by atoms with Gasteiger partial charge in [0.15, 0.2) is 5.75 Å². The largest absolute Gasteiger partial charge is 0.490 e. The topological polar surface area (TPSA) is 94.4 Å². The fourth-order valence-electron chi connectivity index (χ4n) is 2.23. The van der Waals surface area contributed by atoms with Crippen LogP contribution in [0.25, 0.3) is 10.2 Å². The molecule has 122 valence electrons. The Morgan fingerprint density at radius 1 is 1.33 bits per heavy atom. The molecular weight excluding hydrogens is 330 g/mol. The summed E-state index contributed by atoms with van der Waals surface area (Å²) in [5.74, 6) is -0.289. The maximum Gasteiger partial charge on any atom is 0.311 e. The third-order valence-corrected chi connectivity index (χ3v) is 4.41. The minimum Gasteiger partial charge on any atom is -0.490 e. The third-order valence-electron chi connectivity index (χ3n) is 3.38. The molecule has 0 bridgehead atoms. The van der Waals surface area contributed by atoms with Crippen LogP contribution in [0.1, 0.15) is 15.4 Å². The molecular formula is C16H13N3O4S. The number of aromatic nitrogens is 1. The van der Waals surface area contributed by atoms with E-state index in [0.29, 0.717) is 0 Å². The molecule has 0 aliphatic heterocycles. The molecule has 0 aliphatic carbocycles. The van der Waals surface area contributed by atoms with Crippen LogP contribution in [0.5, 0.6) is 5.75 Å². The molecule has 8 heteroatoms. The van der Waals surface area contributed by atoms with Gasteiger partial charge in [-0.15, -0.1) is 11.3 Å². The van der Waals surface area contributed by atoms with Crippen LogP contribution < -0.4 is 10.1 Å². The van der Waals surface area contributed by atoms with E-state index in [-0.39, 0.29) is 23.5 Å². The second kappa shape index (κ2) is 6.63. The maximum absolute atomic E-state index is 12.2. The number of nitrogens with one attached hydrogen (secondary N) is 1. The zero-order chi connectivity index (χ0) is 17.1. The number of hydrogen-bond donors (Lipinski definition) is 1. The predicted molar refractivity (Wildman–Crippen MR) is 90.4 cm³/mol. The van der Waals surface area contributed by atoms with Gasteiger partial charge in [0.1, 0.15) is 5.01 Å². The Labute approximate surface area is 141 Å². The molecule has 0 spiro atoms. The molecule has 0 fully saturated rings. The van der Waals surface area contributed by atoms with E-state index in [0.717, 1.165) is 15.2 Å². The number of fused-ring (bicyclic) bond motifs is 1. The van der Waals surface area contributed by atoms with Gasteiger partial charge >= 0.3 is 5.69 Å². The molecule has 3 aromatic rings. The number of nitrogens with zero attached hydrogens (tertiary/aromatic N) is 2. The molecule has 1 N–H and O–H groups in total. The zero-order valence-electron chi connectivity index (χ0n) is 12.7. The van der Waals surface area contributed by atoms with Gasteiger partial charge in [-0.2, -0.15) is 0 Å². The Morgan fingerprint density at radius 3 is 2.83 bits per heavy atom. The fraction of sp³-hybridized carbons (Fsp3) is 0.125. The molecule has 0 unspecified atom stereocenters. The zero-order valence-corrected chi connectivity index (χ0v) is 13.5. The molecule has 2 aromatic carbocycles. The summed E-state index contributed by atoms with van der Waals surface area (Å²) in [6.45, 7) is 0.262. The molecule has 0 atom stereocenters. The highest BCUT2D eigenvalue weighted by Crippen LogP contribution is 2.27. The SMILES string of the molecule is COc1ccc(C(=O)NCc2nc3ccccc3s2)cc1[N+](=O)[O-]. The summed E-state index contributed by atoms with van der Waals surface area (Å²) >= 11 is 1.49. The highest BCUT2D eigenvalue weighted by Gasteiger charge is 2.18. The molecule has 3 rings (SSSR count). The van der Waals surface area contributed by atoms with Crippen molar-refractivity contribution in [2.24, 2.45) is 0 Å². The van der Waals surface area contributed by atoms with Gasteiger partial charge < -0.3 is 10.1 Å². The number of nitro groups is 1. The van der Waals surface area contributed by atoms with Gasteiger partial charge in [0, 0.05) is 11.6 Å². The van der Waals surface area contributed by atoms with Crippen LogP contribution in [-0.2, 0) is 6.54 Å². The van der Waals surface area contributed by atoms with Gasteiger partial charge in [0.05, 0.1) is 28.8 Å². The van der Waals surface area contributed by atoms with Crippen LogP contribution in [0.4, 0.5) is 5.69 Å². The van der Waals surface area contributed by atoms with Crippen LogP contribution >= 0.6 is 11.3 Å². The number of ether oxygens (including phenoxy) is 1. The predicted octanol–water partition coefficient (Wildman–Crippen LogP) is 3.14. The first-order chi connectivity index (χ1) is 11.6. The van der Waals surface area contributed by atoms with Crippen molar-refractivity contribution >= 4 is 33.1 Å². The smallest absolute Gasteiger partial charge is 0.311 e. The summed E-state index contributed by atoms with van der Waals surface area (Å²) in [5.41, 5.74) is 0.834. The highest BCUT2D eigenvalue weighted by atomic mass is 32.1. The van der Waals surface area contributed by atoms with E-state index in [1.165, 1.54) is 36.6 Å². The number of carbonyl (C=O) groups is 1. The Bertz CT molecular complexity index is 890. The van der Waals surface area contributed by atoms with Crippen LogP contribution in [0, 0.1) is 10.1 Å². The van der Waals surface area contributed by atoms with Gasteiger partial charge in [-0.1, -0.05) is 12.1 Å². The number of nitro benzene ring substituents is 1. The van der Waals surface area contributed by atoms with E-state index in [1.54, 1.807) is 0 Å². The first-order valence-corrected chi connectivity index (χ1v) is 7.85. The lowest BCUT2D eigenvalue weighted by atomic mass is 10.1. The van der Waals surface area contributed by atoms with Gasteiger partial charge in [0.25, 0.3) is 5.91 Å². The van der Waals surface area contributed by atoms with Gasteiger partial charge in [-0.3, -0.25) is 14.9 Å². The first kappa shape index (κ1) is 15.9. The van der Waals surface area contributed by atoms with Crippen LogP contribution in [-0.4, -0.2) is 22.9 Å². The number of rotatable bonds is 5. The molecule has 0 saturated carbocycles. The fourth-order valence-corrected chi connectivity index (χ4v) is 3.13. The van der Waals surface area contributed by atoms with Crippen molar-refractivity contribution in [1.82, 2.24) is 10.3 Å². The summed E-state index contributed by atoms with van der Waals surface area (Å²) in [4.78, 5) is 27.1. The van der Waals surface area contributed by atoms with E-state index in [1.807, 2.05) is 24.3 Å². The Hall–Kier alpha value is -3.00. The standard InChI is InChI=1S/C16H13N3O4S/c1-23-13-7-6-10(8-12(13)19(21)22)16(20)17-9-15-18-11-4-2-3-5-14(11)24-15/h2-8H,9H2,1H3,(H,17,20). The molecule has 24 heavy (non-hydrogen) atoms. The highest BCUT2D eigenvalue weighted by molar-refractivity contribution is 7.18. The number of para-hydroxylation sites is 1. The van der Waals surface area contributed by atoms with Crippen molar-refractivity contribution in [3.63, 3.8) is 0 Å². The lowest BCUT2D eigenvalue weighted by Crippen LogP contribution is -2.22. The molecule has 1 aromatic heterocycles. The van der Waals surface area contributed by atoms with Crippen molar-refractivity contribution in [3.05, 3.63) is 63.1 Å². The summed E-state index contributed by atoms with van der Waals surface area (Å²) < 4.78 is 5.97. The number of thiazole rings is 1. The van der Waals surface area contributed by atoms with Gasteiger partial charge in [-0.25, -0.2) is 4.98 Å². The van der Waals surface area contributed by atoms with E-state index >= 15 is 0 Å². The first-order valence-electron chi connectivity index (χ1n) is 7.03. The molecule has 1 amide bonds.